The van der Waals surface area contributed by atoms with Crippen molar-refractivity contribution >= 4 is 10.9 Å². The summed E-state index contributed by atoms with van der Waals surface area (Å²) in [5, 5.41) is 11.5. The lowest BCUT2D eigenvalue weighted by Crippen LogP contribution is -2.19. The van der Waals surface area contributed by atoms with Crippen molar-refractivity contribution in [3.63, 3.8) is 0 Å². The fourth-order valence-electron chi connectivity index (χ4n) is 1.91. The molecule has 1 aliphatic rings. The van der Waals surface area contributed by atoms with Gasteiger partial charge in [-0.25, -0.2) is 0 Å². The van der Waals surface area contributed by atoms with Gasteiger partial charge in [-0.2, -0.15) is 0 Å². The van der Waals surface area contributed by atoms with Gasteiger partial charge in [-0.15, -0.1) is 5.10 Å². The van der Waals surface area contributed by atoms with E-state index in [0.29, 0.717) is 0 Å². The van der Waals surface area contributed by atoms with E-state index in [0.717, 1.165) is 36.3 Å². The zero-order chi connectivity index (χ0) is 10.1. The van der Waals surface area contributed by atoms with Gasteiger partial charge in [0.1, 0.15) is 6.10 Å². The van der Waals surface area contributed by atoms with Crippen LogP contribution in [0.3, 0.4) is 0 Å². The molecule has 2 heterocycles. The zero-order valence-electron chi connectivity index (χ0n) is 8.36. The topological polar surface area (TPSA) is 49.9 Å². The molecule has 1 aromatic carbocycles. The van der Waals surface area contributed by atoms with Crippen LogP contribution in [-0.4, -0.2) is 29.4 Å². The molecule has 0 spiro atoms. The molecule has 2 aromatic rings. The van der Waals surface area contributed by atoms with E-state index in [1.165, 1.54) is 0 Å². The summed E-state index contributed by atoms with van der Waals surface area (Å²) in [6.45, 7) is 1.95. The van der Waals surface area contributed by atoms with E-state index in [9.17, 15) is 0 Å². The Hall–Kier alpha value is -1.55. The number of ether oxygens (including phenoxy) is 1. The van der Waals surface area contributed by atoms with Crippen LogP contribution in [-0.2, 0) is 0 Å². The first-order valence-electron chi connectivity index (χ1n) is 5.24. The van der Waals surface area contributed by atoms with Crippen LogP contribution in [0.25, 0.3) is 10.9 Å². The van der Waals surface area contributed by atoms with Crippen LogP contribution in [0.2, 0.25) is 0 Å². The highest BCUT2D eigenvalue weighted by Crippen LogP contribution is 2.23. The van der Waals surface area contributed by atoms with E-state index in [4.69, 9.17) is 4.74 Å². The molecule has 3 rings (SSSR count). The third kappa shape index (κ3) is 1.57. The van der Waals surface area contributed by atoms with Crippen molar-refractivity contribution in [2.45, 2.75) is 12.5 Å². The standard InChI is InChI=1S/C11H13N3O/c1-2-4-10-9(3-1)11(14-13-10)15-8-5-6-12-7-8/h1-4,8,12H,5-7H2,(H,13,14). The maximum absolute atomic E-state index is 5.82. The van der Waals surface area contributed by atoms with Gasteiger partial charge in [0.05, 0.1) is 10.9 Å². The molecule has 1 unspecified atom stereocenters. The number of hydrogen-bond donors (Lipinski definition) is 2. The smallest absolute Gasteiger partial charge is 0.240 e. The predicted octanol–water partition coefficient (Wildman–Crippen LogP) is 1.30. The summed E-state index contributed by atoms with van der Waals surface area (Å²) >= 11 is 0. The molecule has 1 fully saturated rings. The van der Waals surface area contributed by atoms with Crippen molar-refractivity contribution in [2.24, 2.45) is 0 Å². The van der Waals surface area contributed by atoms with Crippen LogP contribution in [0.5, 0.6) is 5.88 Å². The molecule has 1 aliphatic heterocycles. The number of fused-ring (bicyclic) bond motifs is 1. The number of para-hydroxylation sites is 1. The maximum Gasteiger partial charge on any atom is 0.240 e. The lowest BCUT2D eigenvalue weighted by atomic mass is 10.2. The van der Waals surface area contributed by atoms with Gasteiger partial charge < -0.3 is 10.1 Å². The largest absolute Gasteiger partial charge is 0.471 e. The van der Waals surface area contributed by atoms with E-state index >= 15 is 0 Å². The predicted molar refractivity (Wildman–Crippen MR) is 58.0 cm³/mol. The van der Waals surface area contributed by atoms with Gasteiger partial charge in [0, 0.05) is 6.54 Å². The highest BCUT2D eigenvalue weighted by atomic mass is 16.5. The van der Waals surface area contributed by atoms with Gasteiger partial charge in [-0.3, -0.25) is 5.10 Å². The van der Waals surface area contributed by atoms with E-state index in [-0.39, 0.29) is 6.10 Å². The van der Waals surface area contributed by atoms with Gasteiger partial charge >= 0.3 is 0 Å². The van der Waals surface area contributed by atoms with Crippen LogP contribution in [0.15, 0.2) is 24.3 Å². The first-order valence-corrected chi connectivity index (χ1v) is 5.24. The average molecular weight is 203 g/mol. The minimum absolute atomic E-state index is 0.261. The third-order valence-corrected chi connectivity index (χ3v) is 2.73. The fraction of sp³-hybridized carbons (Fsp3) is 0.364. The molecular weight excluding hydrogens is 190 g/mol. The summed E-state index contributed by atoms with van der Waals surface area (Å²) in [5.41, 5.74) is 1.03. The van der Waals surface area contributed by atoms with Gasteiger partial charge in [0.2, 0.25) is 5.88 Å². The monoisotopic (exact) mass is 203 g/mol. The number of hydrogen-bond acceptors (Lipinski definition) is 3. The van der Waals surface area contributed by atoms with E-state index < -0.39 is 0 Å². The molecule has 78 valence electrons. The van der Waals surface area contributed by atoms with Crippen molar-refractivity contribution in [3.05, 3.63) is 24.3 Å². The Labute approximate surface area is 87.6 Å². The molecule has 4 heteroatoms. The van der Waals surface area contributed by atoms with E-state index in [1.54, 1.807) is 0 Å². The Morgan fingerprint density at radius 3 is 3.13 bits per heavy atom. The quantitative estimate of drug-likeness (QED) is 0.773. The number of aromatic amines is 1. The summed E-state index contributed by atoms with van der Waals surface area (Å²) in [6.07, 6.45) is 1.32. The van der Waals surface area contributed by atoms with E-state index in [1.807, 2.05) is 24.3 Å². The normalized spacial score (nSPS) is 20.9. The SMILES string of the molecule is c1ccc2c(OC3CCNC3)n[nH]c2c1. The van der Waals surface area contributed by atoms with Gasteiger partial charge in [-0.1, -0.05) is 12.1 Å². The number of nitrogens with zero attached hydrogens (tertiary/aromatic N) is 1. The van der Waals surface area contributed by atoms with Crippen molar-refractivity contribution in [1.29, 1.82) is 0 Å². The fourth-order valence-corrected chi connectivity index (χ4v) is 1.91. The van der Waals surface area contributed by atoms with Crippen LogP contribution < -0.4 is 10.1 Å². The zero-order valence-corrected chi connectivity index (χ0v) is 8.36. The molecular formula is C11H13N3O. The molecule has 0 bridgehead atoms. The lowest BCUT2D eigenvalue weighted by Gasteiger charge is -2.09. The van der Waals surface area contributed by atoms with Gasteiger partial charge in [-0.05, 0) is 25.1 Å². The van der Waals surface area contributed by atoms with Crippen LogP contribution in [0, 0.1) is 0 Å². The highest BCUT2D eigenvalue weighted by Gasteiger charge is 2.18. The number of aromatic nitrogens is 2. The summed E-state index contributed by atoms with van der Waals surface area (Å²) in [6, 6.07) is 8.01. The molecule has 2 N–H and O–H groups in total. The second kappa shape index (κ2) is 3.55. The maximum atomic E-state index is 5.82. The summed E-state index contributed by atoms with van der Waals surface area (Å²) in [4.78, 5) is 0. The Morgan fingerprint density at radius 1 is 1.33 bits per heavy atom. The van der Waals surface area contributed by atoms with Crippen LogP contribution >= 0.6 is 0 Å². The number of rotatable bonds is 2. The molecule has 0 amide bonds. The summed E-state index contributed by atoms with van der Waals surface area (Å²) in [7, 11) is 0. The minimum Gasteiger partial charge on any atom is -0.471 e. The molecule has 1 atom stereocenters. The van der Waals surface area contributed by atoms with Crippen molar-refractivity contribution < 1.29 is 4.74 Å². The summed E-state index contributed by atoms with van der Waals surface area (Å²) < 4.78 is 5.82. The third-order valence-electron chi connectivity index (χ3n) is 2.73. The molecule has 0 aliphatic carbocycles. The molecule has 0 radical (unpaired) electrons. The van der Waals surface area contributed by atoms with Crippen LogP contribution in [0.4, 0.5) is 0 Å². The Balaban J connectivity index is 1.90. The first kappa shape index (κ1) is 8.73. The Morgan fingerprint density at radius 2 is 2.27 bits per heavy atom. The van der Waals surface area contributed by atoms with Gasteiger partial charge in [0.25, 0.3) is 0 Å². The number of benzene rings is 1. The van der Waals surface area contributed by atoms with E-state index in [2.05, 4.69) is 15.5 Å². The van der Waals surface area contributed by atoms with Crippen molar-refractivity contribution in [2.75, 3.05) is 13.1 Å². The lowest BCUT2D eigenvalue weighted by molar-refractivity contribution is 0.216. The molecule has 1 saturated heterocycles. The second-order valence-corrected chi connectivity index (χ2v) is 3.81. The molecule has 4 nitrogen and oxygen atoms in total. The summed E-state index contributed by atoms with van der Waals surface area (Å²) in [5.74, 6) is 0.722. The number of nitrogens with one attached hydrogen (secondary N) is 2. The highest BCUT2D eigenvalue weighted by molar-refractivity contribution is 5.83. The molecule has 15 heavy (non-hydrogen) atoms. The second-order valence-electron chi connectivity index (χ2n) is 3.81. The Bertz CT molecular complexity index is 460. The molecule has 0 saturated carbocycles. The molecule has 1 aromatic heterocycles. The first-order chi connectivity index (χ1) is 7.43. The van der Waals surface area contributed by atoms with Crippen molar-refractivity contribution in [3.8, 4) is 5.88 Å². The Kier molecular flexibility index (Phi) is 2.07. The average Bonchev–Trinajstić information content (AvgIpc) is 2.89. The van der Waals surface area contributed by atoms with Gasteiger partial charge in [0.15, 0.2) is 0 Å². The van der Waals surface area contributed by atoms with Crippen molar-refractivity contribution in [1.82, 2.24) is 15.5 Å². The number of H-pyrrole nitrogens is 1. The minimum atomic E-state index is 0.261. The van der Waals surface area contributed by atoms with Crippen LogP contribution in [0.1, 0.15) is 6.42 Å².